The van der Waals surface area contributed by atoms with E-state index in [2.05, 4.69) is 199 Å². The van der Waals surface area contributed by atoms with Crippen molar-refractivity contribution >= 4 is 48.1 Å². The van der Waals surface area contributed by atoms with Crippen LogP contribution in [0.5, 0.6) is 0 Å². The van der Waals surface area contributed by atoms with Crippen LogP contribution >= 0.6 is 17.0 Å². The Hall–Kier alpha value is -3.78. The first-order chi connectivity index (χ1) is 27.5. The van der Waals surface area contributed by atoms with Gasteiger partial charge in [-0.1, -0.05) is 172 Å². The zero-order valence-electron chi connectivity index (χ0n) is 33.6. The van der Waals surface area contributed by atoms with Crippen LogP contribution in [0.3, 0.4) is 0 Å². The number of fused-ring (bicyclic) bond motifs is 2. The Kier molecular flexibility index (Phi) is 17.2. The summed E-state index contributed by atoms with van der Waals surface area (Å²) < 4.78 is 0. The normalized spacial score (nSPS) is 10.4. The van der Waals surface area contributed by atoms with E-state index < -0.39 is 20.8 Å². The fourth-order valence-electron chi connectivity index (χ4n) is 7.55. The molecule has 2 radical (unpaired) electrons. The van der Waals surface area contributed by atoms with Crippen molar-refractivity contribution in [1.82, 2.24) is 0 Å². The minimum absolute atomic E-state index is 0.826. The molecule has 0 saturated carbocycles. The molecule has 0 atom stereocenters. The van der Waals surface area contributed by atoms with Gasteiger partial charge in [0, 0.05) is 9.52 Å². The molecule has 56 heavy (non-hydrogen) atoms. The molecular weight excluding hydrogens is 815 g/mol. The molecule has 8 aromatic rings. The van der Waals surface area contributed by atoms with Gasteiger partial charge in [0.05, 0.1) is 0 Å². The molecule has 0 bridgehead atoms. The average Bonchev–Trinajstić information content (AvgIpc) is 3.89. The Labute approximate surface area is 357 Å². The van der Waals surface area contributed by atoms with Gasteiger partial charge < -0.3 is 0 Å². The second-order valence-electron chi connectivity index (χ2n) is 13.7. The van der Waals surface area contributed by atoms with Crippen molar-refractivity contribution in [1.29, 1.82) is 0 Å². The molecule has 0 spiro atoms. The van der Waals surface area contributed by atoms with Crippen molar-refractivity contribution in [3.63, 3.8) is 0 Å². The van der Waals surface area contributed by atoms with Gasteiger partial charge in [0.2, 0.25) is 0 Å². The van der Waals surface area contributed by atoms with Crippen LogP contribution in [-0.2, 0) is 46.5 Å². The van der Waals surface area contributed by atoms with Crippen molar-refractivity contribution in [2.75, 3.05) is 0 Å². The van der Waals surface area contributed by atoms with Gasteiger partial charge in [0.25, 0.3) is 0 Å². The molecule has 0 aliphatic carbocycles. The zero-order chi connectivity index (χ0) is 39.9. The Balaban J connectivity index is 0.000000188. The van der Waals surface area contributed by atoms with Crippen molar-refractivity contribution in [2.45, 2.75) is 66.5 Å². The van der Waals surface area contributed by atoms with E-state index in [1.165, 1.54) is 88.3 Å². The molecule has 0 heterocycles. The summed E-state index contributed by atoms with van der Waals surface area (Å²) in [4.78, 5) is 0. The fourth-order valence-corrected chi connectivity index (χ4v) is 7.55. The Morgan fingerprint density at radius 3 is 1.09 bits per heavy atom. The average molecular weight is 867 g/mol. The summed E-state index contributed by atoms with van der Waals surface area (Å²) >= 11 is -0.826. The molecule has 282 valence electrons. The number of aryl methyl sites for hydroxylation is 4. The Morgan fingerprint density at radius 1 is 0.446 bits per heavy atom. The van der Waals surface area contributed by atoms with Crippen LogP contribution in [0.1, 0.15) is 49.9 Å². The van der Waals surface area contributed by atoms with E-state index in [9.17, 15) is 0 Å². The summed E-state index contributed by atoms with van der Waals surface area (Å²) in [7, 11) is 11.0. The molecule has 8 aromatic carbocycles. The molecule has 0 aliphatic rings. The van der Waals surface area contributed by atoms with Crippen LogP contribution < -0.4 is 0 Å². The predicted molar refractivity (Wildman–Crippen MR) is 248 cm³/mol. The first-order valence-corrected chi connectivity index (χ1v) is 28.1. The molecule has 0 unspecified atom stereocenters. The second-order valence-corrected chi connectivity index (χ2v) is 18.5. The van der Waals surface area contributed by atoms with E-state index >= 15 is 0 Å². The molecule has 4 heteroatoms. The van der Waals surface area contributed by atoms with Gasteiger partial charge in [-0.15, -0.1) is 69.1 Å². The maximum absolute atomic E-state index is 4.93. The van der Waals surface area contributed by atoms with Crippen molar-refractivity contribution in [3.8, 4) is 44.5 Å². The molecule has 0 nitrogen and oxygen atoms in total. The van der Waals surface area contributed by atoms with Crippen LogP contribution in [0.2, 0.25) is 13.1 Å². The SMILES string of the molecule is CCc1cc2c(-c3ccccc3-c3ccccc3)c(CC)ccc2[cH-]1.CCc1cc2c(-c3ccccc3-c3ccccc3)c(CC)ccc2[cH-]1.C[Si]C.[Cl][Zr+2][Cl]. The number of hydrogen-bond acceptors (Lipinski definition) is 0. The summed E-state index contributed by atoms with van der Waals surface area (Å²) in [6, 6.07) is 57.7. The van der Waals surface area contributed by atoms with Crippen LogP contribution in [0.15, 0.2) is 158 Å². The van der Waals surface area contributed by atoms with Crippen molar-refractivity contribution in [2.24, 2.45) is 0 Å². The van der Waals surface area contributed by atoms with Gasteiger partial charge in [-0.2, -0.15) is 12.1 Å². The summed E-state index contributed by atoms with van der Waals surface area (Å²) in [5.41, 5.74) is 16.3. The standard InChI is InChI=1S/2C25H23.C2H6Si.2ClH.Zr/c2*1-3-18-16-21-15-14-19(4-2)25(24(21)17-18)23-13-9-8-12-22(23)20-10-6-5-7-11-20;1-3-2;;;/h2*5-17H,3-4H2,1-2H3;1-2H3;2*1H;/q2*-1;;;;+4/p-2. The summed E-state index contributed by atoms with van der Waals surface area (Å²) in [6.45, 7) is 13.3. The minimum atomic E-state index is -0.826. The summed E-state index contributed by atoms with van der Waals surface area (Å²) in [6.07, 6.45) is 4.24. The van der Waals surface area contributed by atoms with Gasteiger partial charge in [-0.3, -0.25) is 0 Å². The fraction of sp³-hybridized carbons (Fsp3) is 0.192. The topological polar surface area (TPSA) is 0 Å². The number of halogens is 2. The second kappa shape index (κ2) is 22.2. The first kappa shape index (κ1) is 43.3. The van der Waals surface area contributed by atoms with Crippen LogP contribution in [-0.4, -0.2) is 9.52 Å². The third-order valence-corrected chi connectivity index (χ3v) is 10.2. The maximum atomic E-state index is 4.93. The summed E-state index contributed by atoms with van der Waals surface area (Å²) in [5.74, 6) is 0. The third-order valence-electron chi connectivity index (χ3n) is 10.2. The van der Waals surface area contributed by atoms with Gasteiger partial charge in [-0.25, -0.2) is 0 Å². The molecule has 0 N–H and O–H groups in total. The van der Waals surface area contributed by atoms with E-state index in [1.807, 2.05) is 0 Å². The van der Waals surface area contributed by atoms with Crippen LogP contribution in [0.25, 0.3) is 66.1 Å². The van der Waals surface area contributed by atoms with Crippen LogP contribution in [0, 0.1) is 0 Å². The summed E-state index contributed by atoms with van der Waals surface area (Å²) in [5, 5.41) is 5.48. The Morgan fingerprint density at radius 2 is 0.768 bits per heavy atom. The van der Waals surface area contributed by atoms with E-state index in [4.69, 9.17) is 17.0 Å². The van der Waals surface area contributed by atoms with E-state index in [0.29, 0.717) is 0 Å². The quantitative estimate of drug-likeness (QED) is 0.105. The van der Waals surface area contributed by atoms with E-state index in [-0.39, 0.29) is 0 Å². The van der Waals surface area contributed by atoms with E-state index in [1.54, 1.807) is 0 Å². The van der Waals surface area contributed by atoms with Gasteiger partial charge >= 0.3 is 37.9 Å². The Bertz CT molecular complexity index is 2230. The first-order valence-electron chi connectivity index (χ1n) is 19.7. The molecule has 0 aromatic heterocycles. The monoisotopic (exact) mass is 864 g/mol. The number of hydrogen-bond donors (Lipinski definition) is 0. The molecule has 0 aliphatic heterocycles. The number of benzene rings is 6. The predicted octanol–water partition coefficient (Wildman–Crippen LogP) is 16.2. The molecule has 8 rings (SSSR count). The molecule has 0 fully saturated rings. The van der Waals surface area contributed by atoms with Crippen LogP contribution in [0.4, 0.5) is 0 Å². The van der Waals surface area contributed by atoms with Gasteiger partial charge in [0.15, 0.2) is 0 Å². The van der Waals surface area contributed by atoms with Gasteiger partial charge in [0.1, 0.15) is 0 Å². The molecule has 0 amide bonds. The zero-order valence-corrected chi connectivity index (χ0v) is 38.6. The molecule has 0 saturated heterocycles. The third kappa shape index (κ3) is 10.4. The number of rotatable bonds is 8. The van der Waals surface area contributed by atoms with Crippen molar-refractivity contribution in [3.05, 3.63) is 180 Å². The van der Waals surface area contributed by atoms with Gasteiger partial charge in [-0.05, 0) is 59.1 Å². The van der Waals surface area contributed by atoms with E-state index in [0.717, 1.165) is 35.2 Å². The molecular formula is C52H52Cl2SiZr. The van der Waals surface area contributed by atoms with Crippen molar-refractivity contribution < 1.29 is 20.8 Å².